The Kier molecular flexibility index (Phi) is 6.24. The van der Waals surface area contributed by atoms with Crippen LogP contribution in [0.3, 0.4) is 0 Å². The van der Waals surface area contributed by atoms with Crippen LogP contribution in [0.1, 0.15) is 31.3 Å². The second-order valence-corrected chi connectivity index (χ2v) is 9.55. The van der Waals surface area contributed by atoms with Gasteiger partial charge in [-0.1, -0.05) is 12.1 Å². The molecular weight excluding hydrogens is 444 g/mol. The average molecular weight is 467 g/mol. The Morgan fingerprint density at radius 2 is 1.86 bits per heavy atom. The second kappa shape index (κ2) is 8.48. The summed E-state index contributed by atoms with van der Waals surface area (Å²) in [7, 11) is 0. The van der Waals surface area contributed by atoms with E-state index >= 15 is 0 Å². The highest BCUT2D eigenvalue weighted by Gasteiger charge is 2.27. The number of hydrogen-bond donors (Lipinski definition) is 1. The predicted octanol–water partition coefficient (Wildman–Crippen LogP) is 4.22. The molecule has 0 saturated carbocycles. The number of nitrogens with zero attached hydrogens (tertiary/aromatic N) is 3. The van der Waals surface area contributed by atoms with E-state index in [1.165, 1.54) is 11.3 Å². The Hall–Kier alpha value is -2.13. The summed E-state index contributed by atoms with van der Waals surface area (Å²) in [5.41, 5.74) is 1.52. The third-order valence-corrected chi connectivity index (χ3v) is 5.50. The van der Waals surface area contributed by atoms with E-state index in [0.717, 1.165) is 11.4 Å². The number of carbonyl (C=O) groups is 2. The van der Waals surface area contributed by atoms with E-state index in [1.807, 2.05) is 45.0 Å². The Labute approximate surface area is 176 Å². The van der Waals surface area contributed by atoms with Gasteiger partial charge in [0.15, 0.2) is 3.92 Å². The van der Waals surface area contributed by atoms with E-state index < -0.39 is 5.60 Å². The quantitative estimate of drug-likeness (QED) is 0.732. The summed E-state index contributed by atoms with van der Waals surface area (Å²) in [6, 6.07) is 7.66. The molecule has 1 saturated heterocycles. The summed E-state index contributed by atoms with van der Waals surface area (Å²) in [5.74, 6) is -0.248. The van der Waals surface area contributed by atoms with Crippen LogP contribution in [-0.2, 0) is 4.74 Å². The zero-order chi connectivity index (χ0) is 20.3. The third-order valence-electron chi connectivity index (χ3n) is 4.13. The molecule has 1 aliphatic heterocycles. The fraction of sp³-hybridized carbons (Fsp3) is 0.421. The second-order valence-electron chi connectivity index (χ2n) is 7.41. The molecule has 0 radical (unpaired) electrons. The van der Waals surface area contributed by atoms with E-state index in [4.69, 9.17) is 4.74 Å². The summed E-state index contributed by atoms with van der Waals surface area (Å²) in [6.45, 7) is 8.04. The van der Waals surface area contributed by atoms with E-state index in [1.54, 1.807) is 10.3 Å². The first-order valence-corrected chi connectivity index (χ1v) is 10.6. The van der Waals surface area contributed by atoms with Gasteiger partial charge in [-0.3, -0.25) is 4.79 Å². The van der Waals surface area contributed by atoms with Gasteiger partial charge in [0, 0.05) is 31.6 Å². The van der Waals surface area contributed by atoms with Crippen LogP contribution >= 0.6 is 27.3 Å². The van der Waals surface area contributed by atoms with Crippen molar-refractivity contribution < 1.29 is 14.3 Å². The molecule has 0 unspecified atom stereocenters. The van der Waals surface area contributed by atoms with Crippen LogP contribution in [0.25, 0.3) is 0 Å². The number of thiazole rings is 1. The van der Waals surface area contributed by atoms with Crippen molar-refractivity contribution in [1.29, 1.82) is 0 Å². The van der Waals surface area contributed by atoms with Crippen molar-refractivity contribution in [1.82, 2.24) is 9.88 Å². The molecule has 0 atom stereocenters. The molecule has 1 fully saturated rings. The minimum Gasteiger partial charge on any atom is -0.444 e. The molecule has 2 amide bonds. The first-order chi connectivity index (χ1) is 13.2. The van der Waals surface area contributed by atoms with Gasteiger partial charge in [0.2, 0.25) is 0 Å². The number of piperazine rings is 1. The maximum Gasteiger partial charge on any atom is 0.410 e. The van der Waals surface area contributed by atoms with E-state index in [9.17, 15) is 9.59 Å². The Morgan fingerprint density at radius 3 is 2.46 bits per heavy atom. The maximum atomic E-state index is 12.5. The van der Waals surface area contributed by atoms with Gasteiger partial charge in [-0.25, -0.2) is 9.78 Å². The molecule has 150 valence electrons. The third kappa shape index (κ3) is 5.23. The molecule has 0 bridgehead atoms. The number of aromatic nitrogens is 1. The Balaban J connectivity index is 1.65. The average Bonchev–Trinajstić information content (AvgIpc) is 3.07. The molecule has 7 nitrogen and oxygen atoms in total. The zero-order valence-electron chi connectivity index (χ0n) is 16.1. The molecule has 2 aromatic rings. The number of carbonyl (C=O) groups excluding carboxylic acids is 2. The predicted molar refractivity (Wildman–Crippen MR) is 114 cm³/mol. The standard InChI is InChI=1S/C19H23BrN4O3S/c1-19(2,3)27-18(26)24-10-8-23(9-11-24)15-7-5-4-6-13(15)21-16(25)14-12-28-17(20)22-14/h4-7,12H,8-11H2,1-3H3,(H,21,25). The van der Waals surface area contributed by atoms with Crippen molar-refractivity contribution in [3.05, 3.63) is 39.3 Å². The molecule has 3 rings (SSSR count). The number of hydrogen-bond acceptors (Lipinski definition) is 6. The highest BCUT2D eigenvalue weighted by Crippen LogP contribution is 2.28. The van der Waals surface area contributed by atoms with Crippen molar-refractivity contribution in [3.63, 3.8) is 0 Å². The van der Waals surface area contributed by atoms with Crippen LogP contribution in [0.2, 0.25) is 0 Å². The largest absolute Gasteiger partial charge is 0.444 e. The molecular formula is C19H23BrN4O3S. The fourth-order valence-electron chi connectivity index (χ4n) is 2.85. The van der Waals surface area contributed by atoms with Crippen LogP contribution in [0, 0.1) is 0 Å². The van der Waals surface area contributed by atoms with Gasteiger partial charge in [-0.2, -0.15) is 0 Å². The van der Waals surface area contributed by atoms with Gasteiger partial charge >= 0.3 is 6.09 Å². The van der Waals surface area contributed by atoms with E-state index in [0.29, 0.717) is 35.8 Å². The number of ether oxygens (including phenoxy) is 1. The van der Waals surface area contributed by atoms with Crippen molar-refractivity contribution in [3.8, 4) is 0 Å². The summed E-state index contributed by atoms with van der Waals surface area (Å²) in [6.07, 6.45) is -0.289. The van der Waals surface area contributed by atoms with Crippen molar-refractivity contribution in [2.75, 3.05) is 36.4 Å². The SMILES string of the molecule is CC(C)(C)OC(=O)N1CCN(c2ccccc2NC(=O)c2csc(Br)n2)CC1. The van der Waals surface area contributed by atoms with Crippen molar-refractivity contribution >= 4 is 50.6 Å². The van der Waals surface area contributed by atoms with Gasteiger partial charge in [-0.05, 0) is 48.8 Å². The number of anilines is 2. The summed E-state index contributed by atoms with van der Waals surface area (Å²) >= 11 is 4.64. The van der Waals surface area contributed by atoms with Gasteiger partial charge in [0.1, 0.15) is 11.3 Å². The Bertz CT molecular complexity index is 857. The van der Waals surface area contributed by atoms with Crippen molar-refractivity contribution in [2.24, 2.45) is 0 Å². The zero-order valence-corrected chi connectivity index (χ0v) is 18.5. The van der Waals surface area contributed by atoms with Gasteiger partial charge in [-0.15, -0.1) is 11.3 Å². The molecule has 0 aliphatic carbocycles. The number of rotatable bonds is 3. The lowest BCUT2D eigenvalue weighted by atomic mass is 10.2. The highest BCUT2D eigenvalue weighted by molar-refractivity contribution is 9.11. The fourth-order valence-corrected chi connectivity index (χ4v) is 3.85. The normalized spacial score (nSPS) is 14.7. The lowest BCUT2D eigenvalue weighted by molar-refractivity contribution is 0.0240. The Morgan fingerprint density at radius 1 is 1.18 bits per heavy atom. The van der Waals surface area contributed by atoms with E-state index in [2.05, 4.69) is 31.1 Å². The van der Waals surface area contributed by atoms with Gasteiger partial charge in [0.05, 0.1) is 11.4 Å². The van der Waals surface area contributed by atoms with Crippen LogP contribution in [0.5, 0.6) is 0 Å². The van der Waals surface area contributed by atoms with Crippen LogP contribution in [-0.4, -0.2) is 53.7 Å². The lowest BCUT2D eigenvalue weighted by Crippen LogP contribution is -2.50. The lowest BCUT2D eigenvalue weighted by Gasteiger charge is -2.37. The summed E-state index contributed by atoms with van der Waals surface area (Å²) in [4.78, 5) is 32.7. The minimum absolute atomic E-state index is 0.248. The molecule has 1 aliphatic rings. The molecule has 1 aromatic carbocycles. The smallest absolute Gasteiger partial charge is 0.410 e. The molecule has 28 heavy (non-hydrogen) atoms. The first kappa shape index (κ1) is 20.6. The van der Waals surface area contributed by atoms with Crippen molar-refractivity contribution in [2.45, 2.75) is 26.4 Å². The number of halogens is 1. The number of para-hydroxylation sites is 2. The number of nitrogens with one attached hydrogen (secondary N) is 1. The molecule has 2 heterocycles. The molecule has 1 N–H and O–H groups in total. The summed E-state index contributed by atoms with van der Waals surface area (Å²) < 4.78 is 6.12. The topological polar surface area (TPSA) is 74.8 Å². The maximum absolute atomic E-state index is 12.5. The van der Waals surface area contributed by atoms with E-state index in [-0.39, 0.29) is 12.0 Å². The van der Waals surface area contributed by atoms with Crippen LogP contribution in [0.15, 0.2) is 33.6 Å². The van der Waals surface area contributed by atoms with Crippen LogP contribution in [0.4, 0.5) is 16.2 Å². The molecule has 1 aromatic heterocycles. The number of benzene rings is 1. The van der Waals surface area contributed by atoms with Crippen LogP contribution < -0.4 is 10.2 Å². The molecule has 0 spiro atoms. The minimum atomic E-state index is -0.504. The monoisotopic (exact) mass is 466 g/mol. The summed E-state index contributed by atoms with van der Waals surface area (Å²) in [5, 5.41) is 4.65. The number of amides is 2. The van der Waals surface area contributed by atoms with Gasteiger partial charge in [0.25, 0.3) is 5.91 Å². The first-order valence-electron chi connectivity index (χ1n) is 8.97. The molecule has 9 heteroatoms. The van der Waals surface area contributed by atoms with Gasteiger partial charge < -0.3 is 19.9 Å². The highest BCUT2D eigenvalue weighted by atomic mass is 79.9.